The lowest BCUT2D eigenvalue weighted by Crippen LogP contribution is -2.52. The van der Waals surface area contributed by atoms with Crippen LogP contribution in [0.25, 0.3) is 0 Å². The molecule has 2 unspecified atom stereocenters. The molecule has 0 radical (unpaired) electrons. The average molecular weight is 480 g/mol. The van der Waals surface area contributed by atoms with Crippen molar-refractivity contribution in [1.82, 2.24) is 15.5 Å². The Balaban J connectivity index is 2.37. The van der Waals surface area contributed by atoms with Gasteiger partial charge in [-0.15, -0.1) is 6.58 Å². The number of amides is 3. The van der Waals surface area contributed by atoms with Gasteiger partial charge in [-0.3, -0.25) is 9.59 Å². The minimum absolute atomic E-state index is 0.121. The van der Waals surface area contributed by atoms with Crippen LogP contribution in [0.4, 0.5) is 4.79 Å². The van der Waals surface area contributed by atoms with E-state index in [1.807, 2.05) is 62.4 Å². The summed E-state index contributed by atoms with van der Waals surface area (Å²) in [5, 5.41) is 5.54. The van der Waals surface area contributed by atoms with E-state index in [1.54, 1.807) is 33.8 Å². The van der Waals surface area contributed by atoms with Crippen molar-refractivity contribution in [3.05, 3.63) is 83.4 Å². The molecule has 2 atom stereocenters. The lowest BCUT2D eigenvalue weighted by molar-refractivity contribution is -0.141. The topological polar surface area (TPSA) is 87.7 Å². The van der Waals surface area contributed by atoms with Crippen molar-refractivity contribution in [2.45, 2.75) is 65.8 Å². The normalized spacial score (nSPS) is 12.7. The van der Waals surface area contributed by atoms with E-state index in [4.69, 9.17) is 4.74 Å². The van der Waals surface area contributed by atoms with E-state index in [0.717, 1.165) is 16.7 Å². The van der Waals surface area contributed by atoms with Crippen molar-refractivity contribution < 1.29 is 19.1 Å². The number of alkyl carbamates (subject to hydrolysis) is 1. The van der Waals surface area contributed by atoms with Crippen LogP contribution in [0, 0.1) is 13.8 Å². The molecule has 0 saturated heterocycles. The zero-order chi connectivity index (χ0) is 26.2. The van der Waals surface area contributed by atoms with E-state index in [1.165, 1.54) is 4.90 Å². The lowest BCUT2D eigenvalue weighted by Gasteiger charge is -2.33. The summed E-state index contributed by atoms with van der Waals surface area (Å²) in [5.41, 5.74) is 2.89. The van der Waals surface area contributed by atoms with Gasteiger partial charge in [0.2, 0.25) is 11.8 Å². The van der Waals surface area contributed by atoms with E-state index in [-0.39, 0.29) is 12.5 Å². The maximum absolute atomic E-state index is 13.5. The largest absolute Gasteiger partial charge is 0.444 e. The van der Waals surface area contributed by atoms with Gasteiger partial charge in [0, 0.05) is 13.1 Å². The van der Waals surface area contributed by atoms with Crippen LogP contribution in [-0.2, 0) is 20.9 Å². The Kier molecular flexibility index (Phi) is 9.63. The molecule has 0 fully saturated rings. The van der Waals surface area contributed by atoms with Crippen molar-refractivity contribution in [1.29, 1.82) is 0 Å². The van der Waals surface area contributed by atoms with Gasteiger partial charge in [-0.1, -0.05) is 65.7 Å². The van der Waals surface area contributed by atoms with Crippen LogP contribution in [0.2, 0.25) is 0 Å². The van der Waals surface area contributed by atoms with Crippen molar-refractivity contribution in [3.8, 4) is 0 Å². The monoisotopic (exact) mass is 479 g/mol. The van der Waals surface area contributed by atoms with Crippen LogP contribution in [-0.4, -0.2) is 41.0 Å². The molecule has 2 aromatic rings. The number of aryl methyl sites for hydroxylation is 2. The fourth-order valence-electron chi connectivity index (χ4n) is 3.78. The number of hydrogen-bond acceptors (Lipinski definition) is 4. The summed E-state index contributed by atoms with van der Waals surface area (Å²) in [7, 11) is 0. The van der Waals surface area contributed by atoms with Crippen LogP contribution in [0.3, 0.4) is 0 Å². The van der Waals surface area contributed by atoms with E-state index in [0.29, 0.717) is 12.1 Å². The van der Waals surface area contributed by atoms with Crippen LogP contribution in [0.15, 0.2) is 61.2 Å². The molecule has 3 amide bonds. The van der Waals surface area contributed by atoms with Gasteiger partial charge < -0.3 is 20.3 Å². The number of carbonyl (C=O) groups is 3. The summed E-state index contributed by atoms with van der Waals surface area (Å²) in [6.07, 6.45) is 0.867. The number of benzene rings is 2. The summed E-state index contributed by atoms with van der Waals surface area (Å²) < 4.78 is 5.29. The minimum atomic E-state index is -0.917. The first-order chi connectivity index (χ1) is 16.4. The Morgan fingerprint density at radius 2 is 1.66 bits per heavy atom. The second-order valence-electron chi connectivity index (χ2n) is 9.67. The molecule has 0 saturated carbocycles. The molecule has 0 aliphatic carbocycles. The molecule has 2 aromatic carbocycles. The third-order valence-corrected chi connectivity index (χ3v) is 5.14. The molecule has 2 rings (SSSR count). The predicted octanol–water partition coefficient (Wildman–Crippen LogP) is 4.59. The molecule has 35 heavy (non-hydrogen) atoms. The van der Waals surface area contributed by atoms with Crippen LogP contribution in [0.1, 0.15) is 56.0 Å². The zero-order valence-electron chi connectivity index (χ0n) is 21.6. The average Bonchev–Trinajstić information content (AvgIpc) is 2.75. The molecule has 0 aliphatic rings. The Bertz CT molecular complexity index is 1020. The number of rotatable bonds is 9. The van der Waals surface area contributed by atoms with E-state index in [2.05, 4.69) is 17.2 Å². The van der Waals surface area contributed by atoms with Gasteiger partial charge in [0.25, 0.3) is 0 Å². The Hall–Kier alpha value is -3.61. The highest BCUT2D eigenvalue weighted by Crippen LogP contribution is 2.25. The van der Waals surface area contributed by atoms with Gasteiger partial charge >= 0.3 is 6.09 Å². The summed E-state index contributed by atoms with van der Waals surface area (Å²) in [4.78, 5) is 40.8. The van der Waals surface area contributed by atoms with Gasteiger partial charge in [-0.2, -0.15) is 0 Å². The van der Waals surface area contributed by atoms with Gasteiger partial charge in [0.15, 0.2) is 0 Å². The fourth-order valence-corrected chi connectivity index (χ4v) is 3.78. The lowest BCUT2D eigenvalue weighted by atomic mass is 9.98. The number of hydrogen-bond donors (Lipinski definition) is 2. The molecule has 188 valence electrons. The van der Waals surface area contributed by atoms with Gasteiger partial charge in [-0.25, -0.2) is 4.79 Å². The first kappa shape index (κ1) is 27.6. The van der Waals surface area contributed by atoms with Crippen molar-refractivity contribution in [2.24, 2.45) is 0 Å². The molecular weight excluding hydrogens is 442 g/mol. The first-order valence-electron chi connectivity index (χ1n) is 11.7. The van der Waals surface area contributed by atoms with Crippen molar-refractivity contribution in [3.63, 3.8) is 0 Å². The Labute approximate surface area is 208 Å². The first-order valence-corrected chi connectivity index (χ1v) is 11.7. The van der Waals surface area contributed by atoms with Crippen LogP contribution in [0.5, 0.6) is 0 Å². The summed E-state index contributed by atoms with van der Waals surface area (Å²) in [5.74, 6) is -0.742. The van der Waals surface area contributed by atoms with E-state index < -0.39 is 29.7 Å². The van der Waals surface area contributed by atoms with Crippen LogP contribution >= 0.6 is 0 Å². The van der Waals surface area contributed by atoms with Gasteiger partial charge in [-0.05, 0) is 52.7 Å². The Morgan fingerprint density at radius 3 is 2.20 bits per heavy atom. The number of ether oxygens (including phenoxy) is 1. The van der Waals surface area contributed by atoms with E-state index >= 15 is 0 Å². The highest BCUT2D eigenvalue weighted by atomic mass is 16.6. The standard InChI is InChI=1S/C28H37N3O4/c1-8-14-31(26(33)21(4)30-27(34)35-28(5,6)7)24(23-16-19(2)15-20(3)17-23)25(32)29-18-22-12-10-9-11-13-22/h8-13,15-17,21,24H,1,14,18H2,2-7H3,(H,29,32)(H,30,34). The Morgan fingerprint density at radius 1 is 1.06 bits per heavy atom. The van der Waals surface area contributed by atoms with Gasteiger partial charge in [0.05, 0.1) is 0 Å². The smallest absolute Gasteiger partial charge is 0.408 e. The highest BCUT2D eigenvalue weighted by molar-refractivity contribution is 5.92. The summed E-state index contributed by atoms with van der Waals surface area (Å²) >= 11 is 0. The fraction of sp³-hybridized carbons (Fsp3) is 0.393. The molecule has 2 N–H and O–H groups in total. The number of nitrogens with zero attached hydrogens (tertiary/aromatic N) is 1. The molecule has 0 aliphatic heterocycles. The highest BCUT2D eigenvalue weighted by Gasteiger charge is 2.34. The van der Waals surface area contributed by atoms with Crippen LogP contribution < -0.4 is 10.6 Å². The molecule has 0 spiro atoms. The van der Waals surface area contributed by atoms with E-state index in [9.17, 15) is 14.4 Å². The molecular formula is C28H37N3O4. The molecule has 0 bridgehead atoms. The second-order valence-corrected chi connectivity index (χ2v) is 9.67. The maximum atomic E-state index is 13.5. The minimum Gasteiger partial charge on any atom is -0.444 e. The van der Waals surface area contributed by atoms with Crippen molar-refractivity contribution >= 4 is 17.9 Å². The third kappa shape index (κ3) is 8.59. The summed E-state index contributed by atoms with van der Waals surface area (Å²) in [6, 6.07) is 13.5. The number of carbonyl (C=O) groups excluding carboxylic acids is 3. The predicted molar refractivity (Wildman–Crippen MR) is 138 cm³/mol. The quantitative estimate of drug-likeness (QED) is 0.515. The van der Waals surface area contributed by atoms with Gasteiger partial charge in [0.1, 0.15) is 17.7 Å². The molecule has 0 aromatic heterocycles. The molecule has 7 nitrogen and oxygen atoms in total. The van der Waals surface area contributed by atoms with Crippen molar-refractivity contribution in [2.75, 3.05) is 6.54 Å². The third-order valence-electron chi connectivity index (χ3n) is 5.14. The zero-order valence-corrected chi connectivity index (χ0v) is 21.6. The summed E-state index contributed by atoms with van der Waals surface area (Å²) in [6.45, 7) is 14.9. The molecule has 7 heteroatoms. The SMILES string of the molecule is C=CCN(C(=O)C(C)NC(=O)OC(C)(C)C)C(C(=O)NCc1ccccc1)c1cc(C)cc(C)c1. The second kappa shape index (κ2) is 12.2. The maximum Gasteiger partial charge on any atom is 0.408 e. The molecule has 0 heterocycles. The number of nitrogens with one attached hydrogen (secondary N) is 2.